The van der Waals surface area contributed by atoms with Gasteiger partial charge in [-0.2, -0.15) is 0 Å². The number of ether oxygens (including phenoxy) is 7. The van der Waals surface area contributed by atoms with Crippen molar-refractivity contribution in [2.45, 2.75) is 32.3 Å². The van der Waals surface area contributed by atoms with E-state index in [-0.39, 0.29) is 31.3 Å². The van der Waals surface area contributed by atoms with Gasteiger partial charge in [0.25, 0.3) is 6.47 Å². The third kappa shape index (κ3) is 4.66. The van der Waals surface area contributed by atoms with Gasteiger partial charge in [-0.05, 0) is 47.4 Å². The highest BCUT2D eigenvalue weighted by Crippen LogP contribution is 2.52. The Morgan fingerprint density at radius 1 is 0.909 bits per heavy atom. The summed E-state index contributed by atoms with van der Waals surface area (Å²) >= 11 is 0. The summed E-state index contributed by atoms with van der Waals surface area (Å²) in [6, 6.07) is 7.87. The maximum Gasteiger partial charge on any atom is 0.293 e. The van der Waals surface area contributed by atoms with Crippen LogP contribution in [0, 0.1) is 5.92 Å². The molecule has 0 N–H and O–H groups in total. The first kappa shape index (κ1) is 24.5. The predicted molar refractivity (Wildman–Crippen MR) is 122 cm³/mol. The molecule has 4 rings (SSSR count). The van der Waals surface area contributed by atoms with Crippen molar-refractivity contribution in [2.75, 3.05) is 41.8 Å². The first-order valence-corrected chi connectivity index (χ1v) is 11.0. The largest absolute Gasteiger partial charge is 0.493 e. The molecular formula is C25H32O8. The third-order valence-corrected chi connectivity index (χ3v) is 5.95. The molecule has 2 aromatic rings. The van der Waals surface area contributed by atoms with Crippen molar-refractivity contribution in [1.29, 1.82) is 0 Å². The van der Waals surface area contributed by atoms with Crippen LogP contribution in [0.15, 0.2) is 24.3 Å². The molecule has 0 amide bonds. The fourth-order valence-corrected chi connectivity index (χ4v) is 4.58. The number of methoxy groups -OCH3 is 4. The molecule has 1 unspecified atom stereocenters. The van der Waals surface area contributed by atoms with Crippen LogP contribution >= 0.6 is 0 Å². The summed E-state index contributed by atoms with van der Waals surface area (Å²) in [5, 5.41) is 0. The van der Waals surface area contributed by atoms with Gasteiger partial charge in [0.05, 0.1) is 34.0 Å². The second kappa shape index (κ2) is 11.1. The molecule has 33 heavy (non-hydrogen) atoms. The van der Waals surface area contributed by atoms with E-state index in [0.717, 1.165) is 16.7 Å². The quantitative estimate of drug-likeness (QED) is 0.534. The van der Waals surface area contributed by atoms with E-state index in [1.54, 1.807) is 28.4 Å². The van der Waals surface area contributed by atoms with E-state index in [0.29, 0.717) is 41.6 Å². The van der Waals surface area contributed by atoms with Gasteiger partial charge in [-0.25, -0.2) is 0 Å². The smallest absolute Gasteiger partial charge is 0.293 e. The van der Waals surface area contributed by atoms with Gasteiger partial charge in [-0.1, -0.05) is 13.8 Å². The molecule has 180 valence electrons. The first-order chi connectivity index (χ1) is 16.1. The lowest BCUT2D eigenvalue weighted by Crippen LogP contribution is -2.29. The van der Waals surface area contributed by atoms with Crippen molar-refractivity contribution in [3.63, 3.8) is 0 Å². The minimum atomic E-state index is -0.247. The third-order valence-electron chi connectivity index (χ3n) is 5.95. The van der Waals surface area contributed by atoms with E-state index >= 15 is 0 Å². The number of carbonyl (C=O) groups excluding carboxylic acids is 1. The summed E-state index contributed by atoms with van der Waals surface area (Å²) in [4.78, 5) is 10.9. The van der Waals surface area contributed by atoms with Gasteiger partial charge < -0.3 is 33.2 Å². The lowest BCUT2D eigenvalue weighted by atomic mass is 9.72. The summed E-state index contributed by atoms with van der Waals surface area (Å²) in [7, 11) is 6.42. The lowest BCUT2D eigenvalue weighted by Gasteiger charge is -2.37. The Labute approximate surface area is 194 Å². The Morgan fingerprint density at radius 2 is 1.52 bits per heavy atom. The van der Waals surface area contributed by atoms with Crippen LogP contribution in [-0.4, -0.2) is 48.3 Å². The van der Waals surface area contributed by atoms with E-state index in [9.17, 15) is 4.79 Å². The second-order valence-corrected chi connectivity index (χ2v) is 7.43. The molecule has 2 aliphatic rings. The van der Waals surface area contributed by atoms with Crippen LogP contribution in [0.4, 0.5) is 0 Å². The van der Waals surface area contributed by atoms with Crippen LogP contribution in [0.3, 0.4) is 0 Å². The maximum absolute atomic E-state index is 10.9. The summed E-state index contributed by atoms with van der Waals surface area (Å²) < 4.78 is 38.8. The molecule has 8 heteroatoms. The topological polar surface area (TPSA) is 81.7 Å². The van der Waals surface area contributed by atoms with Crippen LogP contribution < -0.4 is 23.7 Å². The van der Waals surface area contributed by atoms with Gasteiger partial charge >= 0.3 is 0 Å². The zero-order valence-corrected chi connectivity index (χ0v) is 20.0. The second-order valence-electron chi connectivity index (χ2n) is 7.43. The van der Waals surface area contributed by atoms with Crippen LogP contribution in [0.5, 0.6) is 28.7 Å². The zero-order chi connectivity index (χ0) is 24.0. The molecule has 0 radical (unpaired) electrons. The molecule has 3 atom stereocenters. The van der Waals surface area contributed by atoms with E-state index in [2.05, 4.69) is 0 Å². The van der Waals surface area contributed by atoms with Crippen LogP contribution in [0.1, 0.15) is 49.0 Å². The number of carbonyl (C=O) groups is 1. The minimum absolute atomic E-state index is 0.0372. The van der Waals surface area contributed by atoms with Crippen molar-refractivity contribution < 1.29 is 38.0 Å². The van der Waals surface area contributed by atoms with Crippen LogP contribution in [-0.2, 0) is 14.3 Å². The first-order valence-electron chi connectivity index (χ1n) is 11.0. The van der Waals surface area contributed by atoms with E-state index in [4.69, 9.17) is 33.2 Å². The van der Waals surface area contributed by atoms with Gasteiger partial charge in [-0.15, -0.1) is 0 Å². The Balaban J connectivity index is 0.00000149. The molecular weight excluding hydrogens is 428 g/mol. The molecule has 8 nitrogen and oxygen atoms in total. The predicted octanol–water partition coefficient (Wildman–Crippen LogP) is 4.48. The van der Waals surface area contributed by atoms with Crippen molar-refractivity contribution in [3.05, 3.63) is 41.0 Å². The van der Waals surface area contributed by atoms with E-state index < -0.39 is 0 Å². The molecule has 0 spiro atoms. The zero-order valence-electron chi connectivity index (χ0n) is 20.0. The normalized spacial score (nSPS) is 20.1. The molecule has 0 saturated heterocycles. The van der Waals surface area contributed by atoms with Crippen molar-refractivity contribution in [1.82, 2.24) is 0 Å². The van der Waals surface area contributed by atoms with Crippen molar-refractivity contribution in [2.24, 2.45) is 5.92 Å². The summed E-state index contributed by atoms with van der Waals surface area (Å²) in [5.41, 5.74) is 3.03. The lowest BCUT2D eigenvalue weighted by molar-refractivity contribution is -0.132. The molecule has 0 saturated carbocycles. The summed E-state index contributed by atoms with van der Waals surface area (Å²) in [5.74, 6) is 2.99. The highest BCUT2D eigenvalue weighted by atomic mass is 16.7. The van der Waals surface area contributed by atoms with Gasteiger partial charge in [0, 0.05) is 18.9 Å². The molecule has 0 bridgehead atoms. The summed E-state index contributed by atoms with van der Waals surface area (Å²) in [6.45, 7) is 4.90. The maximum atomic E-state index is 10.9. The molecule has 0 fully saturated rings. The average molecular weight is 461 g/mol. The van der Waals surface area contributed by atoms with Crippen molar-refractivity contribution >= 4 is 6.47 Å². The molecule has 1 aliphatic carbocycles. The monoisotopic (exact) mass is 460 g/mol. The van der Waals surface area contributed by atoms with Crippen LogP contribution in [0.25, 0.3) is 0 Å². The Hall–Kier alpha value is -3.13. The minimum Gasteiger partial charge on any atom is -0.493 e. The standard InChI is InChI=1S/C23H26O8.C2H6/c1-25-20-6-13(7-21(26-2)23(20)28-4)15-5-14(10-29-11-24)22(27-3)17-9-19-18(8-16(15)17)30-12-31-19;1-2/h6-9,11,14-15,22H,5,10,12H2,1-4H3;1-2H3/t14?,15-,22-;/m1./s1. The molecule has 1 heterocycles. The molecule has 1 aliphatic heterocycles. The van der Waals surface area contributed by atoms with Crippen LogP contribution in [0.2, 0.25) is 0 Å². The number of hydrogen-bond donors (Lipinski definition) is 0. The molecule has 0 aromatic heterocycles. The van der Waals surface area contributed by atoms with Gasteiger partial charge in [0.1, 0.15) is 0 Å². The number of rotatable bonds is 8. The Kier molecular flexibility index (Phi) is 8.27. The average Bonchev–Trinajstić information content (AvgIpc) is 3.33. The molecule has 2 aromatic carbocycles. The fourth-order valence-electron chi connectivity index (χ4n) is 4.58. The SMILES string of the molecule is CC.COc1cc([C@H]2CC(COC=O)[C@@H](OC)c3cc4c(cc32)OCO4)cc(OC)c1OC. The van der Waals surface area contributed by atoms with E-state index in [1.165, 1.54) is 0 Å². The van der Waals surface area contributed by atoms with E-state index in [1.807, 2.05) is 38.1 Å². The van der Waals surface area contributed by atoms with Gasteiger partial charge in [0.2, 0.25) is 12.5 Å². The summed E-state index contributed by atoms with van der Waals surface area (Å²) in [6.07, 6.45) is 0.445. The number of benzene rings is 2. The highest BCUT2D eigenvalue weighted by molar-refractivity contribution is 5.58. The fraction of sp³-hybridized carbons (Fsp3) is 0.480. The Bertz CT molecular complexity index is 933. The highest BCUT2D eigenvalue weighted by Gasteiger charge is 2.38. The van der Waals surface area contributed by atoms with Gasteiger partial charge in [0.15, 0.2) is 23.0 Å². The number of fused-ring (bicyclic) bond motifs is 2. The van der Waals surface area contributed by atoms with Crippen molar-refractivity contribution in [3.8, 4) is 28.7 Å². The Morgan fingerprint density at radius 3 is 2.03 bits per heavy atom. The van der Waals surface area contributed by atoms with Gasteiger partial charge in [-0.3, -0.25) is 4.79 Å². The number of hydrogen-bond acceptors (Lipinski definition) is 8.